The Balaban J connectivity index is 1.53. The fourth-order valence-electron chi connectivity index (χ4n) is 3.31. The summed E-state index contributed by atoms with van der Waals surface area (Å²) in [6.45, 7) is 6.03. The molecule has 10 heteroatoms. The van der Waals surface area contributed by atoms with Gasteiger partial charge in [0.15, 0.2) is 5.65 Å². The summed E-state index contributed by atoms with van der Waals surface area (Å²) in [6.07, 6.45) is 4.21. The lowest BCUT2D eigenvalue weighted by atomic mass is 10.3. The number of aromatic nitrogens is 5. The Morgan fingerprint density at radius 3 is 2.85 bits per heavy atom. The molecule has 0 unspecified atom stereocenters. The number of carbonyl (C=O) groups is 1. The summed E-state index contributed by atoms with van der Waals surface area (Å²) < 4.78 is 1.45. The minimum Gasteiger partial charge on any atom is -0.475 e. The van der Waals surface area contributed by atoms with E-state index < -0.39 is 5.97 Å². The average molecular weight is 370 g/mol. The first kappa shape index (κ1) is 17.6. The molecule has 1 saturated heterocycles. The molecule has 0 aromatic carbocycles. The molecule has 3 aromatic heterocycles. The van der Waals surface area contributed by atoms with Crippen LogP contribution in [0.4, 0.5) is 5.95 Å². The summed E-state index contributed by atoms with van der Waals surface area (Å²) in [5, 5.41) is 21.2. The third kappa shape index (κ3) is 3.53. The van der Waals surface area contributed by atoms with Crippen LogP contribution in [0.3, 0.4) is 0 Å². The van der Waals surface area contributed by atoms with Gasteiger partial charge in [-0.25, -0.2) is 14.2 Å². The van der Waals surface area contributed by atoms with Gasteiger partial charge in [-0.1, -0.05) is 0 Å². The molecule has 0 atom stereocenters. The number of hydrogen-bond donors (Lipinski definition) is 2. The Morgan fingerprint density at radius 2 is 2.07 bits per heavy atom. The fourth-order valence-corrected chi connectivity index (χ4v) is 3.31. The molecule has 142 valence electrons. The summed E-state index contributed by atoms with van der Waals surface area (Å²) in [4.78, 5) is 24.9. The summed E-state index contributed by atoms with van der Waals surface area (Å²) in [7, 11) is 2.14. The average Bonchev–Trinajstić information content (AvgIpc) is 3.12. The number of carboxylic acids is 1. The Bertz CT molecular complexity index is 964. The second-order valence-electron chi connectivity index (χ2n) is 6.74. The SMILES string of the molecule is CN1CCN(CCCNc2nc3ccncc3c3nnc(C(=O)O)n23)CC1. The topological polar surface area (TPSA) is 112 Å². The highest BCUT2D eigenvalue weighted by Gasteiger charge is 2.19. The molecule has 4 heterocycles. The van der Waals surface area contributed by atoms with E-state index in [0.29, 0.717) is 29.0 Å². The van der Waals surface area contributed by atoms with Crippen molar-refractivity contribution in [2.45, 2.75) is 6.42 Å². The van der Waals surface area contributed by atoms with Crippen molar-refractivity contribution in [3.63, 3.8) is 0 Å². The Kier molecular flexibility index (Phi) is 4.82. The first-order chi connectivity index (χ1) is 13.1. The largest absolute Gasteiger partial charge is 0.475 e. The van der Waals surface area contributed by atoms with E-state index in [9.17, 15) is 9.90 Å². The number of piperazine rings is 1. The highest BCUT2D eigenvalue weighted by molar-refractivity contribution is 5.94. The number of likely N-dealkylation sites (N-methyl/N-ethyl adjacent to an activating group) is 1. The molecule has 4 rings (SSSR count). The van der Waals surface area contributed by atoms with Crippen LogP contribution in [0.1, 0.15) is 17.0 Å². The number of fused-ring (bicyclic) bond motifs is 3. The molecule has 0 radical (unpaired) electrons. The van der Waals surface area contributed by atoms with E-state index in [0.717, 1.165) is 39.1 Å². The number of pyridine rings is 1. The third-order valence-electron chi connectivity index (χ3n) is 4.86. The van der Waals surface area contributed by atoms with E-state index in [-0.39, 0.29) is 5.82 Å². The minimum atomic E-state index is -1.15. The first-order valence-electron chi connectivity index (χ1n) is 9.00. The molecule has 1 aliphatic rings. The zero-order valence-electron chi connectivity index (χ0n) is 15.2. The third-order valence-corrected chi connectivity index (χ3v) is 4.86. The van der Waals surface area contributed by atoms with E-state index in [1.165, 1.54) is 4.40 Å². The van der Waals surface area contributed by atoms with Crippen LogP contribution in [0.2, 0.25) is 0 Å². The molecule has 0 aliphatic carbocycles. The molecule has 27 heavy (non-hydrogen) atoms. The van der Waals surface area contributed by atoms with Gasteiger partial charge in [0.2, 0.25) is 11.8 Å². The normalized spacial score (nSPS) is 16.2. The standard InChI is InChI=1S/C17H22N8O2/c1-23-7-9-24(10-8-23)6-2-4-19-17-20-13-3-5-18-11-12(13)14-21-22-15(16(26)27)25(14)17/h3,5,11H,2,4,6-10H2,1H3,(H,19,20)(H,26,27). The van der Waals surface area contributed by atoms with Crippen LogP contribution in [0.25, 0.3) is 16.6 Å². The molecular formula is C17H22N8O2. The molecule has 0 spiro atoms. The number of nitrogens with one attached hydrogen (secondary N) is 1. The Labute approximate surface area is 155 Å². The Morgan fingerprint density at radius 1 is 1.26 bits per heavy atom. The number of anilines is 1. The van der Waals surface area contributed by atoms with E-state index in [4.69, 9.17) is 0 Å². The van der Waals surface area contributed by atoms with Crippen molar-refractivity contribution >= 4 is 28.5 Å². The van der Waals surface area contributed by atoms with Crippen molar-refractivity contribution in [1.29, 1.82) is 0 Å². The van der Waals surface area contributed by atoms with Crippen molar-refractivity contribution in [1.82, 2.24) is 34.4 Å². The molecule has 3 aromatic rings. The Hall–Kier alpha value is -2.85. The van der Waals surface area contributed by atoms with Gasteiger partial charge in [0.1, 0.15) is 0 Å². The maximum atomic E-state index is 11.5. The van der Waals surface area contributed by atoms with Crippen LogP contribution in [-0.2, 0) is 0 Å². The smallest absolute Gasteiger partial charge is 0.374 e. The lowest BCUT2D eigenvalue weighted by Crippen LogP contribution is -2.44. The van der Waals surface area contributed by atoms with Crippen molar-refractivity contribution in [2.75, 3.05) is 51.6 Å². The maximum Gasteiger partial charge on any atom is 0.374 e. The number of carboxylic acid groups (broad SMARTS) is 1. The zero-order chi connectivity index (χ0) is 18.8. The summed E-state index contributed by atoms with van der Waals surface area (Å²) in [5.74, 6) is -0.873. The molecule has 1 aliphatic heterocycles. The van der Waals surface area contributed by atoms with Gasteiger partial charge in [-0.3, -0.25) is 4.98 Å². The van der Waals surface area contributed by atoms with Crippen molar-refractivity contribution in [2.24, 2.45) is 0 Å². The first-order valence-corrected chi connectivity index (χ1v) is 9.00. The van der Waals surface area contributed by atoms with Crippen LogP contribution < -0.4 is 5.32 Å². The van der Waals surface area contributed by atoms with Crippen LogP contribution in [0.5, 0.6) is 0 Å². The lowest BCUT2D eigenvalue weighted by molar-refractivity contribution is 0.0682. The molecule has 2 N–H and O–H groups in total. The number of hydrogen-bond acceptors (Lipinski definition) is 8. The van der Waals surface area contributed by atoms with E-state index in [1.54, 1.807) is 18.5 Å². The second-order valence-corrected chi connectivity index (χ2v) is 6.74. The quantitative estimate of drug-likeness (QED) is 0.596. The van der Waals surface area contributed by atoms with Crippen molar-refractivity contribution in [3.05, 3.63) is 24.3 Å². The van der Waals surface area contributed by atoms with Gasteiger partial charge in [0.25, 0.3) is 0 Å². The van der Waals surface area contributed by atoms with Gasteiger partial charge in [-0.2, -0.15) is 0 Å². The maximum absolute atomic E-state index is 11.5. The number of nitrogens with zero attached hydrogens (tertiary/aromatic N) is 7. The van der Waals surface area contributed by atoms with Gasteiger partial charge in [0.05, 0.1) is 10.9 Å². The summed E-state index contributed by atoms with van der Waals surface area (Å²) >= 11 is 0. The number of aromatic carboxylic acids is 1. The van der Waals surface area contributed by atoms with Crippen LogP contribution >= 0.6 is 0 Å². The van der Waals surface area contributed by atoms with Gasteiger partial charge < -0.3 is 20.2 Å². The van der Waals surface area contributed by atoms with Crippen LogP contribution in [0, 0.1) is 0 Å². The molecule has 10 nitrogen and oxygen atoms in total. The van der Waals surface area contributed by atoms with Crippen molar-refractivity contribution in [3.8, 4) is 0 Å². The van der Waals surface area contributed by atoms with Gasteiger partial charge in [-0.15, -0.1) is 10.2 Å². The monoisotopic (exact) mass is 370 g/mol. The fraction of sp³-hybridized carbons (Fsp3) is 0.471. The summed E-state index contributed by atoms with van der Waals surface area (Å²) in [5.41, 5.74) is 1.13. The molecule has 0 bridgehead atoms. The minimum absolute atomic E-state index is 0.162. The second kappa shape index (κ2) is 7.41. The predicted molar refractivity (Wildman–Crippen MR) is 100 cm³/mol. The van der Waals surface area contributed by atoms with Crippen LogP contribution in [-0.4, -0.2) is 91.8 Å². The lowest BCUT2D eigenvalue weighted by Gasteiger charge is -2.32. The zero-order valence-corrected chi connectivity index (χ0v) is 15.2. The predicted octanol–water partition coefficient (Wildman–Crippen LogP) is 0.420. The highest BCUT2D eigenvalue weighted by Crippen LogP contribution is 2.21. The highest BCUT2D eigenvalue weighted by atomic mass is 16.4. The van der Waals surface area contributed by atoms with Crippen LogP contribution in [0.15, 0.2) is 18.5 Å². The number of rotatable bonds is 6. The molecule has 0 saturated carbocycles. The van der Waals surface area contributed by atoms with Crippen molar-refractivity contribution < 1.29 is 9.90 Å². The van der Waals surface area contributed by atoms with E-state index in [2.05, 4.69) is 42.3 Å². The van der Waals surface area contributed by atoms with Gasteiger partial charge >= 0.3 is 5.97 Å². The van der Waals surface area contributed by atoms with E-state index >= 15 is 0 Å². The van der Waals surface area contributed by atoms with E-state index in [1.807, 2.05) is 0 Å². The van der Waals surface area contributed by atoms with Gasteiger partial charge in [-0.05, 0) is 26.1 Å². The molecule has 0 amide bonds. The molecule has 1 fully saturated rings. The summed E-state index contributed by atoms with van der Waals surface area (Å²) in [6, 6.07) is 1.78. The molecular weight excluding hydrogens is 348 g/mol. The van der Waals surface area contributed by atoms with Gasteiger partial charge in [0, 0.05) is 45.1 Å².